The van der Waals surface area contributed by atoms with E-state index in [1.165, 1.54) is 12.3 Å². The first kappa shape index (κ1) is 17.5. The van der Waals surface area contributed by atoms with Gasteiger partial charge in [-0.15, -0.1) is 0 Å². The number of rotatable bonds is 4. The number of carbonyl (C=O) groups excluding carboxylic acids is 1. The minimum atomic E-state index is -0.177. The highest BCUT2D eigenvalue weighted by molar-refractivity contribution is 5.92. The molecule has 1 aromatic carbocycles. The largest absolute Gasteiger partial charge is 0.336 e. The predicted octanol–water partition coefficient (Wildman–Crippen LogP) is 2.66. The molecular formula is C19H23FN4O. The lowest BCUT2D eigenvalue weighted by molar-refractivity contribution is 0.0602. The summed E-state index contributed by atoms with van der Waals surface area (Å²) in [6.07, 6.45) is 5.05. The van der Waals surface area contributed by atoms with Gasteiger partial charge in [0, 0.05) is 37.9 Å². The summed E-state index contributed by atoms with van der Waals surface area (Å²) in [5.74, 6) is -0.297. The predicted molar refractivity (Wildman–Crippen MR) is 93.6 cm³/mol. The molecule has 3 rings (SSSR count). The molecule has 2 heterocycles. The minimum absolute atomic E-state index is 0.0936. The van der Waals surface area contributed by atoms with Crippen LogP contribution in [0.25, 0.3) is 0 Å². The minimum Gasteiger partial charge on any atom is -0.336 e. The topological polar surface area (TPSA) is 49.3 Å². The Labute approximate surface area is 147 Å². The highest BCUT2D eigenvalue weighted by Gasteiger charge is 2.27. The monoisotopic (exact) mass is 342 g/mol. The Bertz CT molecular complexity index is 734. The summed E-state index contributed by atoms with van der Waals surface area (Å²) >= 11 is 0. The van der Waals surface area contributed by atoms with Crippen LogP contribution in [0.15, 0.2) is 36.7 Å². The van der Waals surface area contributed by atoms with E-state index < -0.39 is 0 Å². The molecule has 1 atom stereocenters. The van der Waals surface area contributed by atoms with Crippen molar-refractivity contribution in [2.75, 3.05) is 20.1 Å². The Hall–Kier alpha value is -2.34. The smallest absolute Gasteiger partial charge is 0.274 e. The second kappa shape index (κ2) is 7.70. The number of aryl methyl sites for hydroxylation is 1. The van der Waals surface area contributed by atoms with Crippen molar-refractivity contribution in [3.63, 3.8) is 0 Å². The third-order valence-corrected chi connectivity index (χ3v) is 4.70. The third kappa shape index (κ3) is 4.20. The van der Waals surface area contributed by atoms with Gasteiger partial charge in [0.05, 0.1) is 11.9 Å². The molecule has 1 aliphatic heterocycles. The lowest BCUT2D eigenvalue weighted by Crippen LogP contribution is -2.48. The fourth-order valence-electron chi connectivity index (χ4n) is 3.21. The molecule has 1 saturated heterocycles. The molecule has 0 bridgehead atoms. The van der Waals surface area contributed by atoms with Gasteiger partial charge in [-0.3, -0.25) is 14.7 Å². The quantitative estimate of drug-likeness (QED) is 0.857. The molecule has 25 heavy (non-hydrogen) atoms. The van der Waals surface area contributed by atoms with Gasteiger partial charge < -0.3 is 4.90 Å². The molecule has 2 aromatic rings. The van der Waals surface area contributed by atoms with E-state index in [2.05, 4.69) is 14.9 Å². The van der Waals surface area contributed by atoms with Crippen LogP contribution in [0.2, 0.25) is 0 Å². The van der Waals surface area contributed by atoms with Crippen molar-refractivity contribution in [3.05, 3.63) is 59.4 Å². The van der Waals surface area contributed by atoms with Gasteiger partial charge in [0.1, 0.15) is 11.5 Å². The second-order valence-electron chi connectivity index (χ2n) is 6.58. The summed E-state index contributed by atoms with van der Waals surface area (Å²) < 4.78 is 13.9. The van der Waals surface area contributed by atoms with Crippen LogP contribution in [0.3, 0.4) is 0 Å². The number of likely N-dealkylation sites (tertiary alicyclic amines) is 1. The van der Waals surface area contributed by atoms with Gasteiger partial charge in [-0.2, -0.15) is 0 Å². The number of carbonyl (C=O) groups is 1. The Morgan fingerprint density at radius 1 is 1.32 bits per heavy atom. The van der Waals surface area contributed by atoms with Crippen molar-refractivity contribution in [3.8, 4) is 0 Å². The third-order valence-electron chi connectivity index (χ3n) is 4.70. The number of nitrogens with zero attached hydrogens (tertiary/aromatic N) is 4. The highest BCUT2D eigenvalue weighted by Crippen LogP contribution is 2.19. The van der Waals surface area contributed by atoms with E-state index in [1.807, 2.05) is 19.1 Å². The van der Waals surface area contributed by atoms with Crippen LogP contribution in [0.1, 0.15) is 34.6 Å². The maximum atomic E-state index is 13.9. The first-order valence-electron chi connectivity index (χ1n) is 8.56. The van der Waals surface area contributed by atoms with E-state index in [0.717, 1.165) is 31.6 Å². The molecule has 1 amide bonds. The lowest BCUT2D eigenvalue weighted by atomic mass is 10.0. The lowest BCUT2D eigenvalue weighted by Gasteiger charge is -2.37. The zero-order chi connectivity index (χ0) is 17.8. The van der Waals surface area contributed by atoms with E-state index in [0.29, 0.717) is 17.8 Å². The Kier molecular flexibility index (Phi) is 5.38. The summed E-state index contributed by atoms with van der Waals surface area (Å²) in [4.78, 5) is 24.9. The SMILES string of the molecule is Cc1cnc(C(=O)N(C)C2CCCN(Cc3ccccc3F)C2)cn1. The van der Waals surface area contributed by atoms with Crippen LogP contribution in [0, 0.1) is 12.7 Å². The number of benzene rings is 1. The first-order valence-corrected chi connectivity index (χ1v) is 8.56. The van der Waals surface area contributed by atoms with Crippen molar-refractivity contribution < 1.29 is 9.18 Å². The van der Waals surface area contributed by atoms with Crippen molar-refractivity contribution in [2.24, 2.45) is 0 Å². The molecule has 1 unspecified atom stereocenters. The van der Waals surface area contributed by atoms with Crippen LogP contribution < -0.4 is 0 Å². The zero-order valence-corrected chi connectivity index (χ0v) is 14.7. The molecule has 5 nitrogen and oxygen atoms in total. The van der Waals surface area contributed by atoms with Crippen LogP contribution in [-0.2, 0) is 6.54 Å². The molecular weight excluding hydrogens is 319 g/mol. The molecule has 0 spiro atoms. The van der Waals surface area contributed by atoms with E-state index >= 15 is 0 Å². The molecule has 0 aliphatic carbocycles. The summed E-state index contributed by atoms with van der Waals surface area (Å²) in [5, 5.41) is 0. The molecule has 1 aliphatic rings. The number of piperidine rings is 1. The molecule has 132 valence electrons. The van der Waals surface area contributed by atoms with Gasteiger partial charge in [0.2, 0.25) is 0 Å². The number of hydrogen-bond acceptors (Lipinski definition) is 4. The van der Waals surface area contributed by atoms with Gasteiger partial charge >= 0.3 is 0 Å². The number of amides is 1. The van der Waals surface area contributed by atoms with Gasteiger partial charge in [-0.1, -0.05) is 18.2 Å². The van der Waals surface area contributed by atoms with Gasteiger partial charge in [0.25, 0.3) is 5.91 Å². The first-order chi connectivity index (χ1) is 12.0. The Morgan fingerprint density at radius 3 is 2.84 bits per heavy atom. The van der Waals surface area contributed by atoms with E-state index in [9.17, 15) is 9.18 Å². The molecule has 1 fully saturated rings. The van der Waals surface area contributed by atoms with Gasteiger partial charge in [0.15, 0.2) is 0 Å². The van der Waals surface area contributed by atoms with Crippen LogP contribution in [-0.4, -0.2) is 51.9 Å². The fraction of sp³-hybridized carbons (Fsp3) is 0.421. The summed E-state index contributed by atoms with van der Waals surface area (Å²) in [6.45, 7) is 4.05. The Balaban J connectivity index is 1.65. The molecule has 6 heteroatoms. The standard InChI is InChI=1S/C19H23FN4O/c1-14-10-22-18(11-21-14)19(25)23(2)16-7-5-9-24(13-16)12-15-6-3-4-8-17(15)20/h3-4,6,8,10-11,16H,5,7,9,12-13H2,1-2H3. The van der Waals surface area contributed by atoms with E-state index in [1.54, 1.807) is 24.2 Å². The van der Waals surface area contributed by atoms with Gasteiger partial charge in [-0.25, -0.2) is 9.37 Å². The summed E-state index contributed by atoms with van der Waals surface area (Å²) in [5.41, 5.74) is 1.84. The van der Waals surface area contributed by atoms with Crippen molar-refractivity contribution in [1.82, 2.24) is 19.8 Å². The number of likely N-dealkylation sites (N-methyl/N-ethyl adjacent to an activating group) is 1. The number of halogens is 1. The highest BCUT2D eigenvalue weighted by atomic mass is 19.1. The summed E-state index contributed by atoms with van der Waals surface area (Å²) in [6, 6.07) is 6.95. The normalized spacial score (nSPS) is 18.1. The second-order valence-corrected chi connectivity index (χ2v) is 6.58. The van der Waals surface area contributed by atoms with Crippen LogP contribution in [0.5, 0.6) is 0 Å². The average Bonchev–Trinajstić information content (AvgIpc) is 2.63. The number of hydrogen-bond donors (Lipinski definition) is 0. The van der Waals surface area contributed by atoms with E-state index in [-0.39, 0.29) is 17.8 Å². The van der Waals surface area contributed by atoms with Crippen molar-refractivity contribution >= 4 is 5.91 Å². The van der Waals surface area contributed by atoms with Crippen molar-refractivity contribution in [2.45, 2.75) is 32.4 Å². The zero-order valence-electron chi connectivity index (χ0n) is 14.7. The maximum absolute atomic E-state index is 13.9. The summed E-state index contributed by atoms with van der Waals surface area (Å²) in [7, 11) is 1.81. The molecule has 1 aromatic heterocycles. The van der Waals surface area contributed by atoms with Crippen LogP contribution >= 0.6 is 0 Å². The molecule has 0 saturated carbocycles. The Morgan fingerprint density at radius 2 is 2.12 bits per heavy atom. The molecule has 0 radical (unpaired) electrons. The number of aromatic nitrogens is 2. The van der Waals surface area contributed by atoms with Crippen molar-refractivity contribution in [1.29, 1.82) is 0 Å². The van der Waals surface area contributed by atoms with Gasteiger partial charge in [-0.05, 0) is 32.4 Å². The fourth-order valence-corrected chi connectivity index (χ4v) is 3.21. The maximum Gasteiger partial charge on any atom is 0.274 e. The molecule has 0 N–H and O–H groups in total. The van der Waals surface area contributed by atoms with E-state index in [4.69, 9.17) is 0 Å². The van der Waals surface area contributed by atoms with Crippen LogP contribution in [0.4, 0.5) is 4.39 Å². The average molecular weight is 342 g/mol.